The smallest absolute Gasteiger partial charge is 0.287 e. The molecule has 116 valence electrons. The Morgan fingerprint density at radius 3 is 2.73 bits per heavy atom. The van der Waals surface area contributed by atoms with Gasteiger partial charge in [0.2, 0.25) is 5.91 Å². The van der Waals surface area contributed by atoms with Crippen LogP contribution in [0, 0.1) is 0 Å². The van der Waals surface area contributed by atoms with Gasteiger partial charge in [-0.15, -0.1) is 0 Å². The maximum Gasteiger partial charge on any atom is 0.287 e. The van der Waals surface area contributed by atoms with E-state index in [0.717, 1.165) is 5.56 Å². The number of furan rings is 1. The SMILES string of the molecule is CC(NC(=O)c1ccco1)C(=O)N(C)Cc1cccc(Cl)c1. The average molecular weight is 321 g/mol. The van der Waals surface area contributed by atoms with Crippen LogP contribution in [0.1, 0.15) is 23.0 Å². The van der Waals surface area contributed by atoms with Crippen molar-refractivity contribution < 1.29 is 14.0 Å². The molecule has 6 heteroatoms. The fourth-order valence-corrected chi connectivity index (χ4v) is 2.27. The average Bonchev–Trinajstić information content (AvgIpc) is 3.00. The number of likely N-dealkylation sites (N-methyl/N-ethyl adjacent to an activating group) is 1. The highest BCUT2D eigenvalue weighted by molar-refractivity contribution is 6.30. The maximum absolute atomic E-state index is 12.3. The van der Waals surface area contributed by atoms with Gasteiger partial charge in [0.05, 0.1) is 6.26 Å². The Labute approximate surface area is 133 Å². The molecule has 0 saturated heterocycles. The second kappa shape index (κ2) is 7.13. The van der Waals surface area contributed by atoms with Gasteiger partial charge in [-0.05, 0) is 36.8 Å². The Morgan fingerprint density at radius 2 is 2.09 bits per heavy atom. The molecule has 1 N–H and O–H groups in total. The molecule has 0 fully saturated rings. The quantitative estimate of drug-likeness (QED) is 0.921. The molecule has 0 aliphatic rings. The number of halogens is 1. The molecule has 1 atom stereocenters. The minimum Gasteiger partial charge on any atom is -0.459 e. The highest BCUT2D eigenvalue weighted by Gasteiger charge is 2.21. The monoisotopic (exact) mass is 320 g/mol. The van der Waals surface area contributed by atoms with Crippen molar-refractivity contribution in [1.29, 1.82) is 0 Å². The maximum atomic E-state index is 12.3. The van der Waals surface area contributed by atoms with Crippen LogP contribution in [-0.2, 0) is 11.3 Å². The van der Waals surface area contributed by atoms with E-state index in [1.54, 1.807) is 43.1 Å². The standard InChI is InChI=1S/C16H17ClN2O3/c1-11(18-15(20)14-7-4-8-22-14)16(21)19(2)10-12-5-3-6-13(17)9-12/h3-9,11H,10H2,1-2H3,(H,18,20). The van der Waals surface area contributed by atoms with Crippen LogP contribution in [-0.4, -0.2) is 29.8 Å². The molecule has 1 aromatic heterocycles. The van der Waals surface area contributed by atoms with Crippen molar-refractivity contribution in [2.75, 3.05) is 7.05 Å². The number of nitrogens with zero attached hydrogens (tertiary/aromatic N) is 1. The van der Waals surface area contributed by atoms with E-state index in [4.69, 9.17) is 16.0 Å². The summed E-state index contributed by atoms with van der Waals surface area (Å²) in [7, 11) is 1.68. The first-order chi connectivity index (χ1) is 10.5. The van der Waals surface area contributed by atoms with Crippen LogP contribution in [0.3, 0.4) is 0 Å². The van der Waals surface area contributed by atoms with Crippen LogP contribution in [0.2, 0.25) is 5.02 Å². The predicted octanol–water partition coefficient (Wildman–Crippen LogP) is 2.71. The van der Waals surface area contributed by atoms with Crippen LogP contribution in [0.5, 0.6) is 0 Å². The summed E-state index contributed by atoms with van der Waals surface area (Å²) in [5.41, 5.74) is 0.924. The minimum absolute atomic E-state index is 0.178. The van der Waals surface area contributed by atoms with Gasteiger partial charge in [0.15, 0.2) is 5.76 Å². The van der Waals surface area contributed by atoms with Gasteiger partial charge in [-0.3, -0.25) is 9.59 Å². The molecule has 2 amide bonds. The zero-order valence-electron chi connectivity index (χ0n) is 12.4. The predicted molar refractivity (Wildman–Crippen MR) is 83.6 cm³/mol. The number of amides is 2. The largest absolute Gasteiger partial charge is 0.459 e. The Balaban J connectivity index is 1.93. The second-order valence-electron chi connectivity index (χ2n) is 5.00. The molecule has 0 radical (unpaired) electrons. The van der Waals surface area contributed by atoms with Gasteiger partial charge >= 0.3 is 0 Å². The number of carbonyl (C=O) groups is 2. The molecular weight excluding hydrogens is 304 g/mol. The lowest BCUT2D eigenvalue weighted by Gasteiger charge is -2.22. The molecule has 0 bridgehead atoms. The normalized spacial score (nSPS) is 11.8. The number of carbonyl (C=O) groups excluding carboxylic acids is 2. The fraction of sp³-hybridized carbons (Fsp3) is 0.250. The third kappa shape index (κ3) is 4.11. The molecule has 22 heavy (non-hydrogen) atoms. The van der Waals surface area contributed by atoms with Gasteiger partial charge in [0.1, 0.15) is 6.04 Å². The van der Waals surface area contributed by atoms with Crippen LogP contribution in [0.25, 0.3) is 0 Å². The fourth-order valence-electron chi connectivity index (χ4n) is 2.05. The van der Waals surface area contributed by atoms with Gasteiger partial charge in [0, 0.05) is 18.6 Å². The molecule has 1 aromatic carbocycles. The molecule has 0 spiro atoms. The number of rotatable bonds is 5. The topological polar surface area (TPSA) is 62.6 Å². The third-order valence-corrected chi connectivity index (χ3v) is 3.38. The summed E-state index contributed by atoms with van der Waals surface area (Å²) in [6.07, 6.45) is 1.41. The summed E-state index contributed by atoms with van der Waals surface area (Å²) in [5.74, 6) is -0.431. The lowest BCUT2D eigenvalue weighted by molar-refractivity contribution is -0.132. The second-order valence-corrected chi connectivity index (χ2v) is 5.43. The third-order valence-electron chi connectivity index (χ3n) is 3.15. The Bertz CT molecular complexity index is 655. The molecule has 0 aliphatic carbocycles. The zero-order valence-corrected chi connectivity index (χ0v) is 13.1. The van der Waals surface area contributed by atoms with Crippen molar-refractivity contribution in [3.8, 4) is 0 Å². The molecule has 2 aromatic rings. The van der Waals surface area contributed by atoms with Crippen molar-refractivity contribution in [3.05, 3.63) is 59.0 Å². The zero-order chi connectivity index (χ0) is 16.1. The lowest BCUT2D eigenvalue weighted by Crippen LogP contribution is -2.45. The summed E-state index contributed by atoms with van der Waals surface area (Å²) in [6, 6.07) is 9.81. The summed E-state index contributed by atoms with van der Waals surface area (Å²) in [4.78, 5) is 25.7. The number of hydrogen-bond donors (Lipinski definition) is 1. The number of hydrogen-bond acceptors (Lipinski definition) is 3. The summed E-state index contributed by atoms with van der Waals surface area (Å²) < 4.78 is 4.99. The summed E-state index contributed by atoms with van der Waals surface area (Å²) in [5, 5.41) is 3.23. The van der Waals surface area contributed by atoms with Crippen LogP contribution < -0.4 is 5.32 Å². The first-order valence-corrected chi connectivity index (χ1v) is 7.19. The van der Waals surface area contributed by atoms with Crippen molar-refractivity contribution in [1.82, 2.24) is 10.2 Å². The molecule has 1 heterocycles. The summed E-state index contributed by atoms with van der Waals surface area (Å²) >= 11 is 5.93. The number of benzene rings is 1. The minimum atomic E-state index is -0.651. The molecule has 0 saturated carbocycles. The molecule has 0 aliphatic heterocycles. The molecular formula is C16H17ClN2O3. The van der Waals surface area contributed by atoms with E-state index in [9.17, 15) is 9.59 Å². The number of nitrogens with one attached hydrogen (secondary N) is 1. The first kappa shape index (κ1) is 16.1. The van der Waals surface area contributed by atoms with E-state index in [-0.39, 0.29) is 11.7 Å². The van der Waals surface area contributed by atoms with E-state index in [0.29, 0.717) is 11.6 Å². The van der Waals surface area contributed by atoms with Gasteiger partial charge in [0.25, 0.3) is 5.91 Å². The highest BCUT2D eigenvalue weighted by Crippen LogP contribution is 2.12. The van der Waals surface area contributed by atoms with Crippen LogP contribution >= 0.6 is 11.6 Å². The highest BCUT2D eigenvalue weighted by atomic mass is 35.5. The van der Waals surface area contributed by atoms with E-state index in [1.165, 1.54) is 6.26 Å². The Hall–Kier alpha value is -2.27. The van der Waals surface area contributed by atoms with E-state index < -0.39 is 11.9 Å². The van der Waals surface area contributed by atoms with E-state index in [1.807, 2.05) is 12.1 Å². The van der Waals surface area contributed by atoms with Crippen molar-refractivity contribution in [3.63, 3.8) is 0 Å². The van der Waals surface area contributed by atoms with Gasteiger partial charge < -0.3 is 14.6 Å². The first-order valence-electron chi connectivity index (χ1n) is 6.81. The Kier molecular flexibility index (Phi) is 5.22. The van der Waals surface area contributed by atoms with Crippen molar-refractivity contribution >= 4 is 23.4 Å². The van der Waals surface area contributed by atoms with Crippen molar-refractivity contribution in [2.45, 2.75) is 19.5 Å². The van der Waals surface area contributed by atoms with Gasteiger partial charge in [-0.25, -0.2) is 0 Å². The van der Waals surface area contributed by atoms with Crippen LogP contribution in [0.4, 0.5) is 0 Å². The lowest BCUT2D eigenvalue weighted by atomic mass is 10.2. The van der Waals surface area contributed by atoms with Crippen LogP contribution in [0.15, 0.2) is 47.1 Å². The van der Waals surface area contributed by atoms with E-state index in [2.05, 4.69) is 5.32 Å². The van der Waals surface area contributed by atoms with Crippen molar-refractivity contribution in [2.24, 2.45) is 0 Å². The van der Waals surface area contributed by atoms with Gasteiger partial charge in [-0.1, -0.05) is 23.7 Å². The molecule has 2 rings (SSSR count). The summed E-state index contributed by atoms with van der Waals surface area (Å²) in [6.45, 7) is 2.05. The molecule has 1 unspecified atom stereocenters. The molecule has 5 nitrogen and oxygen atoms in total. The Morgan fingerprint density at radius 1 is 1.32 bits per heavy atom. The van der Waals surface area contributed by atoms with E-state index >= 15 is 0 Å². The van der Waals surface area contributed by atoms with Gasteiger partial charge in [-0.2, -0.15) is 0 Å².